The van der Waals surface area contributed by atoms with Gasteiger partial charge in [-0.05, 0) is 215 Å². The van der Waals surface area contributed by atoms with E-state index in [1.54, 1.807) is 44.2 Å². The molecule has 0 amide bonds. The molecule has 1 fully saturated rings. The number of hydrogen-bond acceptors (Lipinski definition) is 0. The van der Waals surface area contributed by atoms with Crippen molar-refractivity contribution < 1.29 is 0 Å². The number of aryl methyl sites for hydroxylation is 3. The Bertz CT molecular complexity index is 2940. The summed E-state index contributed by atoms with van der Waals surface area (Å²) in [6.45, 7) is 12.1. The number of fused-ring (bicyclic) bond motifs is 7. The van der Waals surface area contributed by atoms with Crippen molar-refractivity contribution in [3.63, 3.8) is 0 Å². The van der Waals surface area contributed by atoms with Crippen LogP contribution in [-0.4, -0.2) is 0 Å². The molecule has 286 valence electrons. The van der Waals surface area contributed by atoms with Crippen LogP contribution in [0.25, 0.3) is 64.6 Å². The largest absolute Gasteiger partial charge is 0.0654 e. The van der Waals surface area contributed by atoms with Crippen LogP contribution in [0.4, 0.5) is 0 Å². The summed E-state index contributed by atoms with van der Waals surface area (Å²) in [7, 11) is 0. The van der Waals surface area contributed by atoms with E-state index in [-0.39, 0.29) is 0 Å². The molecule has 4 aliphatic rings. The standard InChI is InChI=1S/C57H58/c1-6-9-31(3)21-36-25-42-30-51-33(5)22-38-23-34(7-2)24-39-27-41-28-40-26-37(29-52(36)54(40)55(42)56(41)57(51)53(38)39)43-10-8-11-45-46(43)16-19-50-48-15-13-35-20-32(4)12-14-44(35)47(48)17-18-49(45)50/h8,10-11,13,15-19,22-24,27,30-32,36-37,40,52,54H,6-7,9,12,14,20-21,25-26,28-29H2,1-5H3. The minimum absolute atomic E-state index is 0.594. The Kier molecular flexibility index (Phi) is 7.76. The molecule has 0 nitrogen and oxygen atoms in total. The van der Waals surface area contributed by atoms with E-state index in [9.17, 15) is 0 Å². The molecule has 7 atom stereocenters. The van der Waals surface area contributed by atoms with Gasteiger partial charge < -0.3 is 0 Å². The normalized spacial score (nSPS) is 24.6. The van der Waals surface area contributed by atoms with Crippen molar-refractivity contribution in [1.29, 1.82) is 0 Å². The third-order valence-corrected chi connectivity index (χ3v) is 16.5. The van der Waals surface area contributed by atoms with Crippen molar-refractivity contribution in [2.45, 2.75) is 117 Å². The highest BCUT2D eigenvalue weighted by Crippen LogP contribution is 2.61. The first-order chi connectivity index (χ1) is 27.9. The average molecular weight is 743 g/mol. The molecule has 0 heterocycles. The van der Waals surface area contributed by atoms with Crippen LogP contribution in [0.5, 0.6) is 0 Å². The molecule has 0 heteroatoms. The smallest absolute Gasteiger partial charge is 0.00183 e. The van der Waals surface area contributed by atoms with Gasteiger partial charge in [0.25, 0.3) is 0 Å². The van der Waals surface area contributed by atoms with E-state index in [0.717, 1.165) is 30.1 Å². The van der Waals surface area contributed by atoms with Crippen LogP contribution in [0.1, 0.15) is 123 Å². The van der Waals surface area contributed by atoms with Gasteiger partial charge in [-0.2, -0.15) is 0 Å². The summed E-state index contributed by atoms with van der Waals surface area (Å²) >= 11 is 0. The third kappa shape index (κ3) is 5.04. The Balaban J connectivity index is 1.01. The molecule has 4 aliphatic carbocycles. The van der Waals surface area contributed by atoms with Gasteiger partial charge in [0.1, 0.15) is 0 Å². The summed E-state index contributed by atoms with van der Waals surface area (Å²) in [5, 5.41) is 18.0. The van der Waals surface area contributed by atoms with Gasteiger partial charge in [0, 0.05) is 0 Å². The molecule has 0 aromatic heterocycles. The van der Waals surface area contributed by atoms with E-state index < -0.39 is 0 Å². The van der Waals surface area contributed by atoms with E-state index >= 15 is 0 Å². The summed E-state index contributed by atoms with van der Waals surface area (Å²) in [5.41, 5.74) is 12.9. The predicted molar refractivity (Wildman–Crippen MR) is 246 cm³/mol. The lowest BCUT2D eigenvalue weighted by Crippen LogP contribution is -2.42. The van der Waals surface area contributed by atoms with Crippen molar-refractivity contribution in [3.8, 4) is 0 Å². The maximum atomic E-state index is 2.71. The molecule has 0 saturated heterocycles. The molecule has 8 aromatic carbocycles. The Morgan fingerprint density at radius 3 is 2.25 bits per heavy atom. The van der Waals surface area contributed by atoms with Crippen molar-refractivity contribution in [3.05, 3.63) is 129 Å². The van der Waals surface area contributed by atoms with Gasteiger partial charge in [-0.1, -0.05) is 125 Å². The Labute approximate surface area is 339 Å². The molecule has 0 aliphatic heterocycles. The monoisotopic (exact) mass is 742 g/mol. The van der Waals surface area contributed by atoms with E-state index in [4.69, 9.17) is 0 Å². The maximum Gasteiger partial charge on any atom is -0.00183 e. The molecule has 7 unspecified atom stereocenters. The van der Waals surface area contributed by atoms with Crippen LogP contribution in [0.15, 0.2) is 84.9 Å². The number of hydrogen-bond donors (Lipinski definition) is 0. The number of benzene rings is 8. The first kappa shape index (κ1) is 34.6. The summed E-state index contributed by atoms with van der Waals surface area (Å²) in [6, 6.07) is 35.1. The van der Waals surface area contributed by atoms with Crippen LogP contribution in [0, 0.1) is 36.5 Å². The molecule has 0 N–H and O–H groups in total. The second kappa shape index (κ2) is 12.8. The van der Waals surface area contributed by atoms with Gasteiger partial charge in [-0.25, -0.2) is 0 Å². The molecular formula is C57H58. The lowest BCUT2D eigenvalue weighted by Gasteiger charge is -2.52. The molecule has 1 saturated carbocycles. The average Bonchev–Trinajstić information content (AvgIpc) is 3.22. The second-order valence-corrected chi connectivity index (χ2v) is 20.0. The fourth-order valence-electron chi connectivity index (χ4n) is 14.2. The van der Waals surface area contributed by atoms with Crippen LogP contribution < -0.4 is 0 Å². The minimum Gasteiger partial charge on any atom is -0.0654 e. The van der Waals surface area contributed by atoms with Gasteiger partial charge in [0.05, 0.1) is 0 Å². The lowest BCUT2D eigenvalue weighted by molar-refractivity contribution is 0.107. The van der Waals surface area contributed by atoms with Gasteiger partial charge in [0.15, 0.2) is 0 Å². The summed E-state index contributed by atoms with van der Waals surface area (Å²) in [5.74, 6) is 5.05. The zero-order valence-corrected chi connectivity index (χ0v) is 34.9. The van der Waals surface area contributed by atoms with E-state index in [1.165, 1.54) is 129 Å². The minimum atomic E-state index is 0.594. The zero-order valence-electron chi connectivity index (χ0n) is 34.9. The van der Waals surface area contributed by atoms with Crippen LogP contribution in [-0.2, 0) is 32.1 Å². The van der Waals surface area contributed by atoms with Crippen molar-refractivity contribution in [2.24, 2.45) is 29.6 Å². The molecule has 0 bridgehead atoms. The predicted octanol–water partition coefficient (Wildman–Crippen LogP) is 15.5. The summed E-state index contributed by atoms with van der Waals surface area (Å²) in [4.78, 5) is 0. The second-order valence-electron chi connectivity index (χ2n) is 20.0. The molecule has 0 spiro atoms. The van der Waals surface area contributed by atoms with Gasteiger partial charge >= 0.3 is 0 Å². The summed E-state index contributed by atoms with van der Waals surface area (Å²) in [6.07, 6.45) is 14.0. The van der Waals surface area contributed by atoms with Gasteiger partial charge in [0.2, 0.25) is 0 Å². The van der Waals surface area contributed by atoms with E-state index in [2.05, 4.69) is 120 Å². The first-order valence-electron chi connectivity index (χ1n) is 23.0. The van der Waals surface area contributed by atoms with Gasteiger partial charge in [-0.3, -0.25) is 0 Å². The van der Waals surface area contributed by atoms with E-state index in [0.29, 0.717) is 17.8 Å². The Hall–Kier alpha value is -4.42. The topological polar surface area (TPSA) is 0 Å². The fourth-order valence-corrected chi connectivity index (χ4v) is 14.2. The molecule has 12 rings (SSSR count). The SMILES string of the molecule is CCCC(C)CC1Cc2cc3c(C)cc4cc(CC)cc5cc6c(c2C2C(C6)CC(c6cccc7c6ccc6c8ccc9c(c8ccc76)CCC(C)C9)CC12)c3c45. The van der Waals surface area contributed by atoms with Gasteiger partial charge in [-0.15, -0.1) is 0 Å². The number of rotatable bonds is 6. The Morgan fingerprint density at radius 1 is 0.667 bits per heavy atom. The summed E-state index contributed by atoms with van der Waals surface area (Å²) < 4.78 is 0. The van der Waals surface area contributed by atoms with Crippen molar-refractivity contribution >= 4 is 64.6 Å². The highest BCUT2D eigenvalue weighted by atomic mass is 14.5. The maximum absolute atomic E-state index is 2.71. The molecule has 8 aromatic rings. The van der Waals surface area contributed by atoms with Crippen LogP contribution in [0.2, 0.25) is 0 Å². The third-order valence-electron chi connectivity index (χ3n) is 16.5. The highest BCUT2D eigenvalue weighted by Gasteiger charge is 2.49. The Morgan fingerprint density at radius 2 is 1.42 bits per heavy atom. The van der Waals surface area contributed by atoms with Crippen LogP contribution in [0.3, 0.4) is 0 Å². The van der Waals surface area contributed by atoms with Crippen LogP contribution >= 0.6 is 0 Å². The lowest BCUT2D eigenvalue weighted by atomic mass is 9.52. The molecule has 57 heavy (non-hydrogen) atoms. The molecular weight excluding hydrogens is 685 g/mol. The first-order valence-corrected chi connectivity index (χ1v) is 23.0. The van der Waals surface area contributed by atoms with Crippen molar-refractivity contribution in [2.75, 3.05) is 0 Å². The van der Waals surface area contributed by atoms with Crippen molar-refractivity contribution in [1.82, 2.24) is 0 Å². The molecule has 0 radical (unpaired) electrons. The quantitative estimate of drug-likeness (QED) is 0.149. The highest BCUT2D eigenvalue weighted by molar-refractivity contribution is 6.26. The zero-order chi connectivity index (χ0) is 38.3. The fraction of sp³-hybridized carbons (Fsp3) is 0.404. The van der Waals surface area contributed by atoms with E-state index in [1.807, 2.05) is 0 Å².